The van der Waals surface area contributed by atoms with E-state index >= 15 is 0 Å². The topological polar surface area (TPSA) is 123 Å². The van der Waals surface area contributed by atoms with Gasteiger partial charge >= 0.3 is 5.97 Å². The van der Waals surface area contributed by atoms with Gasteiger partial charge in [-0.2, -0.15) is 0 Å². The number of sulfonamides is 1. The van der Waals surface area contributed by atoms with Crippen molar-refractivity contribution in [2.24, 2.45) is 0 Å². The molecule has 266 valence electrons. The predicted molar refractivity (Wildman–Crippen MR) is 201 cm³/mol. The minimum absolute atomic E-state index is 0.224. The van der Waals surface area contributed by atoms with E-state index < -0.39 is 16.1 Å². The first-order valence-corrected chi connectivity index (χ1v) is 18.6. The largest absolute Gasteiger partial charge is 0.492 e. The fourth-order valence-electron chi connectivity index (χ4n) is 5.70. The summed E-state index contributed by atoms with van der Waals surface area (Å²) < 4.78 is 44.1. The maximum atomic E-state index is 12.6. The first-order valence-electron chi connectivity index (χ1n) is 16.7. The van der Waals surface area contributed by atoms with Crippen LogP contribution in [0.5, 0.6) is 11.5 Å². The number of esters is 1. The highest BCUT2D eigenvalue weighted by Crippen LogP contribution is 2.35. The molecule has 0 aromatic heterocycles. The minimum Gasteiger partial charge on any atom is -0.492 e. The molecule has 10 heteroatoms. The SMILES string of the molecule is Cc1cc(OCCNC[C@H](O)c2ccc(OCc3ccccc3)c(NS(C)(=O)=O)c2)c(C)c(C)c1-c1ccc(C(=O)OCc2ccccc2)cc1. The Morgan fingerprint density at radius 3 is 2.06 bits per heavy atom. The third kappa shape index (κ3) is 10.4. The van der Waals surface area contributed by atoms with E-state index in [1.807, 2.05) is 92.7 Å². The number of aryl methyl sites for hydroxylation is 1. The molecule has 0 aliphatic rings. The Hall–Kier alpha value is -5.16. The zero-order valence-electron chi connectivity index (χ0n) is 29.3. The van der Waals surface area contributed by atoms with Crippen LogP contribution in [-0.2, 0) is 28.0 Å². The number of nitrogens with one attached hydrogen (secondary N) is 2. The molecular weight excluding hydrogens is 665 g/mol. The lowest BCUT2D eigenvalue weighted by atomic mass is 9.91. The van der Waals surface area contributed by atoms with E-state index in [1.165, 1.54) is 0 Å². The standard InChI is InChI=1S/C41H44N2O7S/c1-28-23-39(29(2)30(3)40(28)33-15-17-34(18-16-33)41(45)50-27-32-13-9-6-10-14-32)48-22-21-42-25-37(44)35-19-20-38(36(24-35)43-51(4,46)47)49-26-31-11-7-5-8-12-31/h5-20,23-24,37,42-44H,21-22,25-27H2,1-4H3/t37-/m0/s1. The number of carbonyl (C=O) groups excluding carboxylic acids is 1. The van der Waals surface area contributed by atoms with E-state index in [0.717, 1.165) is 50.9 Å². The molecule has 3 N–H and O–H groups in total. The third-order valence-electron chi connectivity index (χ3n) is 8.47. The monoisotopic (exact) mass is 708 g/mol. The normalized spacial score (nSPS) is 11.9. The second-order valence-corrected chi connectivity index (χ2v) is 14.2. The summed E-state index contributed by atoms with van der Waals surface area (Å²) in [5.74, 6) is 0.778. The van der Waals surface area contributed by atoms with Gasteiger partial charge in [0.05, 0.1) is 23.6 Å². The van der Waals surface area contributed by atoms with Gasteiger partial charge in [-0.05, 0) is 95.6 Å². The number of hydrogen-bond donors (Lipinski definition) is 3. The smallest absolute Gasteiger partial charge is 0.338 e. The summed E-state index contributed by atoms with van der Waals surface area (Å²) in [5.41, 5.74) is 8.41. The summed E-state index contributed by atoms with van der Waals surface area (Å²) in [6.07, 6.45) is 0.179. The van der Waals surface area contributed by atoms with Gasteiger partial charge in [-0.3, -0.25) is 4.72 Å². The molecule has 0 amide bonds. The van der Waals surface area contributed by atoms with Gasteiger partial charge in [0.15, 0.2) is 0 Å². The van der Waals surface area contributed by atoms with Gasteiger partial charge in [0.25, 0.3) is 0 Å². The van der Waals surface area contributed by atoms with Crippen LogP contribution in [0.25, 0.3) is 11.1 Å². The van der Waals surface area contributed by atoms with Gasteiger partial charge in [-0.15, -0.1) is 0 Å². The fourth-order valence-corrected chi connectivity index (χ4v) is 6.26. The molecule has 0 aliphatic heterocycles. The van der Waals surface area contributed by atoms with Gasteiger partial charge in [-0.25, -0.2) is 13.2 Å². The molecule has 1 atom stereocenters. The number of carbonyl (C=O) groups is 1. The van der Waals surface area contributed by atoms with Crippen LogP contribution >= 0.6 is 0 Å². The molecular formula is C41H44N2O7S. The second-order valence-electron chi connectivity index (χ2n) is 12.4. The zero-order valence-corrected chi connectivity index (χ0v) is 30.1. The van der Waals surface area contributed by atoms with Crippen LogP contribution in [0.15, 0.2) is 109 Å². The van der Waals surface area contributed by atoms with Gasteiger partial charge in [0, 0.05) is 13.1 Å². The summed E-state index contributed by atoms with van der Waals surface area (Å²) in [4.78, 5) is 12.6. The highest BCUT2D eigenvalue weighted by molar-refractivity contribution is 7.92. The average Bonchev–Trinajstić information content (AvgIpc) is 3.12. The Morgan fingerprint density at radius 2 is 1.41 bits per heavy atom. The third-order valence-corrected chi connectivity index (χ3v) is 9.06. The molecule has 5 aromatic rings. The van der Waals surface area contributed by atoms with Crippen molar-refractivity contribution < 1.29 is 32.5 Å². The van der Waals surface area contributed by atoms with Gasteiger partial charge < -0.3 is 24.6 Å². The molecule has 0 heterocycles. The van der Waals surface area contributed by atoms with Gasteiger partial charge in [0.2, 0.25) is 10.0 Å². The van der Waals surface area contributed by atoms with E-state index in [4.69, 9.17) is 14.2 Å². The molecule has 0 radical (unpaired) electrons. The van der Waals surface area contributed by atoms with Crippen molar-refractivity contribution >= 4 is 21.7 Å². The highest BCUT2D eigenvalue weighted by atomic mass is 32.2. The molecule has 0 saturated heterocycles. The minimum atomic E-state index is -3.58. The predicted octanol–water partition coefficient (Wildman–Crippen LogP) is 7.29. The summed E-state index contributed by atoms with van der Waals surface area (Å²) in [7, 11) is -3.58. The van der Waals surface area contributed by atoms with Crippen molar-refractivity contribution in [3.05, 3.63) is 148 Å². The van der Waals surface area contributed by atoms with Crippen LogP contribution in [-0.4, -0.2) is 45.4 Å². The van der Waals surface area contributed by atoms with Crippen molar-refractivity contribution in [3.63, 3.8) is 0 Å². The highest BCUT2D eigenvalue weighted by Gasteiger charge is 2.17. The molecule has 0 aliphatic carbocycles. The summed E-state index contributed by atoms with van der Waals surface area (Å²) in [6, 6.07) is 33.6. The summed E-state index contributed by atoms with van der Waals surface area (Å²) in [5, 5.41) is 14.1. The van der Waals surface area contributed by atoms with E-state index in [2.05, 4.69) is 17.0 Å². The molecule has 5 rings (SSSR count). The lowest BCUT2D eigenvalue weighted by molar-refractivity contribution is 0.0472. The number of anilines is 1. The van der Waals surface area contributed by atoms with Crippen LogP contribution < -0.4 is 19.5 Å². The van der Waals surface area contributed by atoms with Crippen LogP contribution in [0.2, 0.25) is 0 Å². The van der Waals surface area contributed by atoms with E-state index in [0.29, 0.717) is 30.0 Å². The Morgan fingerprint density at radius 1 is 0.765 bits per heavy atom. The van der Waals surface area contributed by atoms with E-state index in [-0.39, 0.29) is 31.4 Å². The Kier molecular flexibility index (Phi) is 12.5. The lowest BCUT2D eigenvalue weighted by Crippen LogP contribution is -2.26. The average molecular weight is 709 g/mol. The number of aliphatic hydroxyl groups is 1. The molecule has 0 unspecified atom stereocenters. The summed E-state index contributed by atoms with van der Waals surface area (Å²) in [6.45, 7) is 7.70. The van der Waals surface area contributed by atoms with Crippen molar-refractivity contribution in [1.29, 1.82) is 0 Å². The molecule has 5 aromatic carbocycles. The summed E-state index contributed by atoms with van der Waals surface area (Å²) >= 11 is 0. The van der Waals surface area contributed by atoms with Gasteiger partial charge in [0.1, 0.15) is 31.3 Å². The molecule has 0 fully saturated rings. The number of hydrogen-bond acceptors (Lipinski definition) is 8. The molecule has 9 nitrogen and oxygen atoms in total. The van der Waals surface area contributed by atoms with E-state index in [1.54, 1.807) is 30.3 Å². The zero-order chi connectivity index (χ0) is 36.4. The van der Waals surface area contributed by atoms with Crippen LogP contribution in [0.4, 0.5) is 5.69 Å². The lowest BCUT2D eigenvalue weighted by Gasteiger charge is -2.19. The second kappa shape index (κ2) is 17.2. The van der Waals surface area contributed by atoms with Crippen molar-refractivity contribution in [1.82, 2.24) is 5.32 Å². The molecule has 51 heavy (non-hydrogen) atoms. The Balaban J connectivity index is 1.14. The fraction of sp³-hybridized carbons (Fsp3) is 0.244. The van der Waals surface area contributed by atoms with Crippen LogP contribution in [0, 0.1) is 20.8 Å². The number of ether oxygens (including phenoxy) is 3. The maximum Gasteiger partial charge on any atom is 0.338 e. The van der Waals surface area contributed by atoms with Crippen molar-refractivity contribution in [2.45, 2.75) is 40.1 Å². The number of rotatable bonds is 16. The van der Waals surface area contributed by atoms with Gasteiger partial charge in [-0.1, -0.05) is 78.9 Å². The first kappa shape index (κ1) is 37.1. The van der Waals surface area contributed by atoms with Crippen LogP contribution in [0.3, 0.4) is 0 Å². The Bertz CT molecular complexity index is 2040. The molecule has 0 saturated carbocycles. The molecule has 0 bridgehead atoms. The Labute approximate surface area is 300 Å². The van der Waals surface area contributed by atoms with Crippen molar-refractivity contribution in [2.75, 3.05) is 30.7 Å². The quantitative estimate of drug-likeness (QED) is 0.0722. The van der Waals surface area contributed by atoms with E-state index in [9.17, 15) is 18.3 Å². The number of aliphatic hydroxyl groups excluding tert-OH is 1. The van der Waals surface area contributed by atoms with Crippen molar-refractivity contribution in [3.8, 4) is 22.6 Å². The van der Waals surface area contributed by atoms with Crippen LogP contribution in [0.1, 0.15) is 49.8 Å². The number of benzene rings is 5. The first-order chi connectivity index (χ1) is 24.5. The molecule has 0 spiro atoms. The maximum absolute atomic E-state index is 12.6.